The van der Waals surface area contributed by atoms with E-state index >= 15 is 0 Å². The molecule has 0 aliphatic carbocycles. The molecule has 0 radical (unpaired) electrons. The number of benzene rings is 3. The van der Waals surface area contributed by atoms with Gasteiger partial charge in [0.25, 0.3) is 15.9 Å². The number of halogens is 1. The van der Waals surface area contributed by atoms with E-state index in [2.05, 4.69) is 15.2 Å². The van der Waals surface area contributed by atoms with Crippen molar-refractivity contribution in [3.8, 4) is 17.2 Å². The van der Waals surface area contributed by atoms with Crippen molar-refractivity contribution in [2.24, 2.45) is 5.10 Å². The summed E-state index contributed by atoms with van der Waals surface area (Å²) in [5.74, 6) is 0.867. The topological polar surface area (TPSA) is 115 Å². The second kappa shape index (κ2) is 10.9. The lowest BCUT2D eigenvalue weighted by Crippen LogP contribution is -2.18. The molecule has 0 saturated carbocycles. The van der Waals surface area contributed by atoms with E-state index in [-0.39, 0.29) is 10.5 Å². The number of nitrogens with zero attached hydrogens (tertiary/aromatic N) is 1. The lowest BCUT2D eigenvalue weighted by Gasteiger charge is -2.12. The Morgan fingerprint density at radius 3 is 2.03 bits per heavy atom. The number of hydrazone groups is 1. The molecule has 1 amide bonds. The van der Waals surface area contributed by atoms with Crippen molar-refractivity contribution in [1.29, 1.82) is 0 Å². The van der Waals surface area contributed by atoms with E-state index in [9.17, 15) is 13.2 Å². The summed E-state index contributed by atoms with van der Waals surface area (Å²) in [6, 6.07) is 15.0. The fourth-order valence-electron chi connectivity index (χ4n) is 2.92. The highest BCUT2D eigenvalue weighted by atomic mass is 35.5. The molecule has 11 heteroatoms. The van der Waals surface area contributed by atoms with Crippen LogP contribution in [0, 0.1) is 0 Å². The third-order valence-electron chi connectivity index (χ3n) is 4.59. The van der Waals surface area contributed by atoms with Crippen molar-refractivity contribution >= 4 is 39.4 Å². The Kier molecular flexibility index (Phi) is 7.98. The van der Waals surface area contributed by atoms with E-state index in [4.69, 9.17) is 25.8 Å². The minimum Gasteiger partial charge on any atom is -0.493 e. The molecule has 0 aromatic heterocycles. The van der Waals surface area contributed by atoms with E-state index in [1.807, 2.05) is 0 Å². The van der Waals surface area contributed by atoms with Gasteiger partial charge in [-0.25, -0.2) is 13.8 Å². The Labute approximate surface area is 202 Å². The molecule has 3 aromatic rings. The summed E-state index contributed by atoms with van der Waals surface area (Å²) >= 11 is 5.80. The van der Waals surface area contributed by atoms with Gasteiger partial charge < -0.3 is 14.2 Å². The summed E-state index contributed by atoms with van der Waals surface area (Å²) in [4.78, 5) is 12.5. The number of anilines is 1. The fraction of sp³-hybridized carbons (Fsp3) is 0.130. The number of hydrogen-bond acceptors (Lipinski definition) is 7. The number of carbonyl (C=O) groups is 1. The summed E-state index contributed by atoms with van der Waals surface area (Å²) in [7, 11) is 0.714. The summed E-state index contributed by atoms with van der Waals surface area (Å²) < 4.78 is 43.2. The standard InChI is InChI=1S/C23H22ClN3O6S/c1-31-20-12-15(13-21(32-2)22(20)33-3)14-25-26-23(28)16-4-8-18(9-5-16)27-34(29,30)19-10-6-17(24)7-11-19/h4-14,27H,1-3H3,(H,26,28)/b25-14+. The van der Waals surface area contributed by atoms with Crippen LogP contribution in [0.1, 0.15) is 15.9 Å². The largest absolute Gasteiger partial charge is 0.493 e. The molecule has 0 atom stereocenters. The molecule has 0 heterocycles. The molecule has 0 aliphatic heterocycles. The third kappa shape index (κ3) is 5.97. The minimum atomic E-state index is -3.79. The van der Waals surface area contributed by atoms with Crippen LogP contribution in [0.3, 0.4) is 0 Å². The molecule has 9 nitrogen and oxygen atoms in total. The molecule has 178 valence electrons. The lowest BCUT2D eigenvalue weighted by atomic mass is 10.2. The average molecular weight is 504 g/mol. The fourth-order valence-corrected chi connectivity index (χ4v) is 4.11. The SMILES string of the molecule is COc1cc(/C=N/NC(=O)c2ccc(NS(=O)(=O)c3ccc(Cl)cc3)cc2)cc(OC)c1OC. The van der Waals surface area contributed by atoms with Crippen molar-refractivity contribution in [3.63, 3.8) is 0 Å². The highest BCUT2D eigenvalue weighted by Crippen LogP contribution is 2.37. The van der Waals surface area contributed by atoms with Crippen LogP contribution in [-0.4, -0.2) is 41.9 Å². The number of amides is 1. The zero-order chi connectivity index (χ0) is 24.7. The predicted molar refractivity (Wildman–Crippen MR) is 130 cm³/mol. The number of ether oxygens (including phenoxy) is 3. The summed E-state index contributed by atoms with van der Waals surface area (Å²) in [5, 5.41) is 4.39. The van der Waals surface area contributed by atoms with Gasteiger partial charge in [-0.3, -0.25) is 9.52 Å². The van der Waals surface area contributed by atoms with Crippen LogP contribution in [0.15, 0.2) is 70.7 Å². The van der Waals surface area contributed by atoms with Gasteiger partial charge >= 0.3 is 0 Å². The number of methoxy groups -OCH3 is 3. The number of nitrogens with one attached hydrogen (secondary N) is 2. The first-order chi connectivity index (χ1) is 16.3. The van der Waals surface area contributed by atoms with Gasteiger partial charge in [-0.15, -0.1) is 0 Å². The van der Waals surface area contributed by atoms with Crippen molar-refractivity contribution in [2.45, 2.75) is 4.90 Å². The molecule has 3 rings (SSSR count). The van der Waals surface area contributed by atoms with Gasteiger partial charge in [-0.05, 0) is 60.7 Å². The zero-order valence-corrected chi connectivity index (χ0v) is 20.1. The molecule has 0 saturated heterocycles. The van der Waals surface area contributed by atoms with Crippen molar-refractivity contribution in [3.05, 3.63) is 76.8 Å². The summed E-state index contributed by atoms with van der Waals surface area (Å²) in [5.41, 5.74) is 3.62. The predicted octanol–water partition coefficient (Wildman–Crippen LogP) is 3.93. The second-order valence-corrected chi connectivity index (χ2v) is 8.91. The van der Waals surface area contributed by atoms with Gasteiger partial charge in [0, 0.05) is 21.8 Å². The van der Waals surface area contributed by atoms with Crippen LogP contribution < -0.4 is 24.4 Å². The molecule has 0 aliphatic rings. The molecular weight excluding hydrogens is 482 g/mol. The number of hydrogen-bond donors (Lipinski definition) is 2. The molecule has 0 spiro atoms. The first-order valence-corrected chi connectivity index (χ1v) is 11.7. The zero-order valence-electron chi connectivity index (χ0n) is 18.5. The van der Waals surface area contributed by atoms with Crippen LogP contribution in [-0.2, 0) is 10.0 Å². The number of rotatable bonds is 9. The third-order valence-corrected chi connectivity index (χ3v) is 6.24. The molecular formula is C23H22ClN3O6S. The van der Waals surface area contributed by atoms with Gasteiger partial charge in [0.2, 0.25) is 5.75 Å². The molecule has 3 aromatic carbocycles. The van der Waals surface area contributed by atoms with Crippen LogP contribution in [0.2, 0.25) is 5.02 Å². The van der Waals surface area contributed by atoms with Gasteiger partial charge in [-0.2, -0.15) is 5.10 Å². The van der Waals surface area contributed by atoms with E-state index in [1.54, 1.807) is 12.1 Å². The van der Waals surface area contributed by atoms with Gasteiger partial charge in [0.15, 0.2) is 11.5 Å². The van der Waals surface area contributed by atoms with Gasteiger partial charge in [0.05, 0.1) is 32.4 Å². The Hall–Kier alpha value is -3.76. The van der Waals surface area contributed by atoms with Crippen LogP contribution in [0.4, 0.5) is 5.69 Å². The molecule has 2 N–H and O–H groups in total. The summed E-state index contributed by atoms with van der Waals surface area (Å²) in [6.45, 7) is 0. The van der Waals surface area contributed by atoms with Gasteiger partial charge in [0.1, 0.15) is 0 Å². The number of carbonyl (C=O) groups excluding carboxylic acids is 1. The quantitative estimate of drug-likeness (QED) is 0.337. The van der Waals surface area contributed by atoms with Crippen LogP contribution >= 0.6 is 11.6 Å². The maximum absolute atomic E-state index is 12.5. The van der Waals surface area contributed by atoms with E-state index in [0.29, 0.717) is 33.5 Å². The average Bonchev–Trinajstić information content (AvgIpc) is 2.83. The normalized spacial score (nSPS) is 11.2. The highest BCUT2D eigenvalue weighted by Gasteiger charge is 2.15. The second-order valence-electron chi connectivity index (χ2n) is 6.79. The maximum Gasteiger partial charge on any atom is 0.271 e. The summed E-state index contributed by atoms with van der Waals surface area (Å²) in [6.07, 6.45) is 1.43. The maximum atomic E-state index is 12.5. The monoisotopic (exact) mass is 503 g/mol. The minimum absolute atomic E-state index is 0.0693. The highest BCUT2D eigenvalue weighted by molar-refractivity contribution is 7.92. The molecule has 0 unspecified atom stereocenters. The first-order valence-electron chi connectivity index (χ1n) is 9.79. The molecule has 0 fully saturated rings. The van der Waals surface area contributed by atoms with E-state index in [1.165, 1.54) is 76.1 Å². The van der Waals surface area contributed by atoms with Crippen LogP contribution in [0.25, 0.3) is 0 Å². The Bertz CT molecular complexity index is 1270. The van der Waals surface area contributed by atoms with Crippen LogP contribution in [0.5, 0.6) is 17.2 Å². The smallest absolute Gasteiger partial charge is 0.271 e. The Balaban J connectivity index is 1.66. The van der Waals surface area contributed by atoms with Gasteiger partial charge in [-0.1, -0.05) is 11.6 Å². The molecule has 34 heavy (non-hydrogen) atoms. The van der Waals surface area contributed by atoms with E-state index < -0.39 is 15.9 Å². The Morgan fingerprint density at radius 2 is 1.50 bits per heavy atom. The van der Waals surface area contributed by atoms with E-state index in [0.717, 1.165) is 0 Å². The van der Waals surface area contributed by atoms with Crippen molar-refractivity contribution in [1.82, 2.24) is 5.43 Å². The molecule has 0 bridgehead atoms. The Morgan fingerprint density at radius 1 is 0.912 bits per heavy atom. The van der Waals surface area contributed by atoms with Crippen molar-refractivity contribution < 1.29 is 27.4 Å². The first kappa shape index (κ1) is 24.9. The number of sulfonamides is 1. The lowest BCUT2D eigenvalue weighted by molar-refractivity contribution is 0.0955. The van der Waals surface area contributed by atoms with Crippen molar-refractivity contribution in [2.75, 3.05) is 26.1 Å².